The number of unbranched alkanes of at least 4 members (excludes halogenated alkanes) is 2. The Morgan fingerprint density at radius 2 is 1.66 bits per heavy atom. The van der Waals surface area contributed by atoms with Crippen molar-refractivity contribution < 1.29 is 28.6 Å². The minimum absolute atomic E-state index is 0.0140. The summed E-state index contributed by atoms with van der Waals surface area (Å²) >= 11 is 0. The quantitative estimate of drug-likeness (QED) is 0.259. The van der Waals surface area contributed by atoms with Crippen LogP contribution in [-0.2, 0) is 19.1 Å². The highest BCUT2D eigenvalue weighted by Gasteiger charge is 2.14. The van der Waals surface area contributed by atoms with Crippen molar-refractivity contribution in [2.45, 2.75) is 39.0 Å². The lowest BCUT2D eigenvalue weighted by atomic mass is 10.1. The lowest BCUT2D eigenvalue weighted by molar-refractivity contribution is -0.147. The Labute approximate surface area is 206 Å². The molecule has 8 nitrogen and oxygen atoms in total. The van der Waals surface area contributed by atoms with E-state index in [4.69, 9.17) is 14.2 Å². The number of carbonyl (C=O) groups is 3. The zero-order valence-corrected chi connectivity index (χ0v) is 20.3. The number of esters is 1. The first-order chi connectivity index (χ1) is 17.0. The van der Waals surface area contributed by atoms with Gasteiger partial charge < -0.3 is 24.4 Å². The maximum absolute atomic E-state index is 12.3. The smallest absolute Gasteiger partial charge is 0.306 e. The van der Waals surface area contributed by atoms with Crippen LogP contribution in [-0.4, -0.2) is 57.2 Å². The molecule has 35 heavy (non-hydrogen) atoms. The molecule has 1 aliphatic rings. The highest BCUT2D eigenvalue weighted by atomic mass is 16.5. The Morgan fingerprint density at radius 1 is 0.943 bits per heavy atom. The van der Waals surface area contributed by atoms with E-state index in [9.17, 15) is 14.4 Å². The van der Waals surface area contributed by atoms with E-state index in [0.717, 1.165) is 43.8 Å². The van der Waals surface area contributed by atoms with Gasteiger partial charge in [-0.3, -0.25) is 14.4 Å². The van der Waals surface area contributed by atoms with Crippen LogP contribution in [0.2, 0.25) is 0 Å². The molecule has 0 aliphatic carbocycles. The molecule has 3 rings (SSSR count). The molecule has 0 spiro atoms. The third-order valence-corrected chi connectivity index (χ3v) is 5.64. The van der Waals surface area contributed by atoms with E-state index >= 15 is 0 Å². The van der Waals surface area contributed by atoms with E-state index in [0.29, 0.717) is 31.1 Å². The van der Waals surface area contributed by atoms with Crippen LogP contribution in [0, 0.1) is 0 Å². The average Bonchev–Trinajstić information content (AvgIpc) is 2.90. The van der Waals surface area contributed by atoms with Crippen LogP contribution in [0.1, 0.15) is 49.4 Å². The van der Waals surface area contributed by atoms with Crippen LogP contribution < -0.4 is 15.0 Å². The van der Waals surface area contributed by atoms with Gasteiger partial charge in [0, 0.05) is 36.4 Å². The molecule has 0 saturated carbocycles. The Kier molecular flexibility index (Phi) is 10.6. The molecule has 1 amide bonds. The van der Waals surface area contributed by atoms with Crippen LogP contribution in [0.5, 0.6) is 5.75 Å². The number of nitrogens with one attached hydrogen (secondary N) is 1. The second kappa shape index (κ2) is 14.1. The third-order valence-electron chi connectivity index (χ3n) is 5.64. The highest BCUT2D eigenvalue weighted by Crippen LogP contribution is 2.19. The fraction of sp³-hybridized carbons (Fsp3) is 0.444. The van der Waals surface area contributed by atoms with E-state index in [2.05, 4.69) is 17.1 Å². The number of anilines is 2. The Morgan fingerprint density at radius 3 is 2.34 bits per heavy atom. The van der Waals surface area contributed by atoms with Crippen molar-refractivity contribution in [2.75, 3.05) is 49.7 Å². The van der Waals surface area contributed by atoms with E-state index in [1.54, 1.807) is 24.3 Å². The molecule has 2 aromatic carbocycles. The lowest BCUT2D eigenvalue weighted by Crippen LogP contribution is -2.36. The van der Waals surface area contributed by atoms with Crippen molar-refractivity contribution in [3.63, 3.8) is 0 Å². The van der Waals surface area contributed by atoms with Crippen molar-refractivity contribution in [2.24, 2.45) is 0 Å². The van der Waals surface area contributed by atoms with Crippen LogP contribution in [0.25, 0.3) is 0 Å². The molecule has 1 aliphatic heterocycles. The lowest BCUT2D eigenvalue weighted by Gasteiger charge is -2.28. The number of carbonyl (C=O) groups excluding carboxylic acids is 3. The van der Waals surface area contributed by atoms with E-state index in [1.807, 2.05) is 24.3 Å². The zero-order chi connectivity index (χ0) is 24.9. The van der Waals surface area contributed by atoms with Crippen LogP contribution >= 0.6 is 0 Å². The summed E-state index contributed by atoms with van der Waals surface area (Å²) in [4.78, 5) is 38.7. The third kappa shape index (κ3) is 9.05. The van der Waals surface area contributed by atoms with E-state index in [-0.39, 0.29) is 18.6 Å². The maximum atomic E-state index is 12.3. The summed E-state index contributed by atoms with van der Waals surface area (Å²) in [5.41, 5.74) is 2.20. The Bertz CT molecular complexity index is 953. The standard InChI is InChI=1S/C27H34N2O6/c1-2-3-4-17-34-24-11-5-21(6-12-24)25(30)13-14-27(32)35-20-26(31)28-22-7-9-23(10-8-22)29-15-18-33-19-16-29/h5-12H,2-4,13-20H2,1H3,(H,28,31). The zero-order valence-electron chi connectivity index (χ0n) is 20.3. The minimum Gasteiger partial charge on any atom is -0.494 e. The predicted molar refractivity (Wildman–Crippen MR) is 134 cm³/mol. The Balaban J connectivity index is 1.33. The van der Waals surface area contributed by atoms with E-state index < -0.39 is 18.5 Å². The number of ether oxygens (including phenoxy) is 3. The topological polar surface area (TPSA) is 94.2 Å². The summed E-state index contributed by atoms with van der Waals surface area (Å²) in [6, 6.07) is 14.4. The summed E-state index contributed by atoms with van der Waals surface area (Å²) in [5.74, 6) is -0.464. The molecular weight excluding hydrogens is 448 g/mol. The van der Waals surface area contributed by atoms with E-state index in [1.165, 1.54) is 0 Å². The number of hydrogen-bond donors (Lipinski definition) is 1. The molecule has 1 saturated heterocycles. The fourth-order valence-corrected chi connectivity index (χ4v) is 3.63. The molecule has 2 aromatic rings. The largest absolute Gasteiger partial charge is 0.494 e. The van der Waals surface area contributed by atoms with Gasteiger partial charge in [-0.1, -0.05) is 19.8 Å². The van der Waals surface area contributed by atoms with Crippen molar-refractivity contribution in [3.05, 3.63) is 54.1 Å². The van der Waals surface area contributed by atoms with Crippen molar-refractivity contribution in [1.29, 1.82) is 0 Å². The van der Waals surface area contributed by atoms with Crippen molar-refractivity contribution in [3.8, 4) is 5.75 Å². The van der Waals surface area contributed by atoms with Gasteiger partial charge in [0.25, 0.3) is 5.91 Å². The molecule has 0 unspecified atom stereocenters. The second-order valence-corrected chi connectivity index (χ2v) is 8.36. The Hall–Kier alpha value is -3.39. The molecule has 0 atom stereocenters. The van der Waals surface area contributed by atoms with Gasteiger partial charge in [-0.15, -0.1) is 0 Å². The number of amides is 1. The number of benzene rings is 2. The van der Waals surface area contributed by atoms with Crippen LogP contribution in [0.15, 0.2) is 48.5 Å². The number of ketones is 1. The van der Waals surface area contributed by atoms with Gasteiger partial charge >= 0.3 is 5.97 Å². The molecule has 1 heterocycles. The molecule has 0 bridgehead atoms. The first-order valence-corrected chi connectivity index (χ1v) is 12.2. The first-order valence-electron chi connectivity index (χ1n) is 12.2. The predicted octanol–water partition coefficient (Wildman–Crippen LogP) is 4.24. The van der Waals surface area contributed by atoms with Gasteiger partial charge in [-0.25, -0.2) is 0 Å². The van der Waals surface area contributed by atoms with Gasteiger partial charge in [0.1, 0.15) is 5.75 Å². The monoisotopic (exact) mass is 482 g/mol. The molecular formula is C27H34N2O6. The summed E-state index contributed by atoms with van der Waals surface area (Å²) < 4.78 is 16.0. The van der Waals surface area contributed by atoms with Gasteiger partial charge in [0.15, 0.2) is 12.4 Å². The molecule has 0 radical (unpaired) electrons. The first kappa shape index (κ1) is 26.2. The SMILES string of the molecule is CCCCCOc1ccc(C(=O)CCC(=O)OCC(=O)Nc2ccc(N3CCOCC3)cc2)cc1. The number of hydrogen-bond acceptors (Lipinski definition) is 7. The molecule has 188 valence electrons. The molecule has 1 N–H and O–H groups in total. The van der Waals surface area contributed by atoms with Crippen molar-refractivity contribution >= 4 is 29.0 Å². The fourth-order valence-electron chi connectivity index (χ4n) is 3.63. The van der Waals surface area contributed by atoms with Gasteiger partial charge in [0.2, 0.25) is 0 Å². The molecule has 0 aromatic heterocycles. The highest BCUT2D eigenvalue weighted by molar-refractivity contribution is 5.98. The average molecular weight is 483 g/mol. The summed E-state index contributed by atoms with van der Waals surface area (Å²) in [5, 5.41) is 2.71. The van der Waals surface area contributed by atoms with Gasteiger partial charge in [0.05, 0.1) is 26.2 Å². The van der Waals surface area contributed by atoms with Crippen LogP contribution in [0.3, 0.4) is 0 Å². The number of Topliss-reactive ketones (excluding diaryl/α,β-unsaturated/α-hetero) is 1. The van der Waals surface area contributed by atoms with Crippen LogP contribution in [0.4, 0.5) is 11.4 Å². The molecule has 1 fully saturated rings. The van der Waals surface area contributed by atoms with Gasteiger partial charge in [-0.2, -0.15) is 0 Å². The number of morpholine rings is 1. The summed E-state index contributed by atoms with van der Waals surface area (Å²) in [6.45, 7) is 5.47. The summed E-state index contributed by atoms with van der Waals surface area (Å²) in [6.07, 6.45) is 3.18. The number of rotatable bonds is 13. The maximum Gasteiger partial charge on any atom is 0.306 e. The second-order valence-electron chi connectivity index (χ2n) is 8.36. The molecule has 8 heteroatoms. The normalized spacial score (nSPS) is 13.2. The summed E-state index contributed by atoms with van der Waals surface area (Å²) in [7, 11) is 0. The van der Waals surface area contributed by atoms with Crippen molar-refractivity contribution in [1.82, 2.24) is 0 Å². The minimum atomic E-state index is -0.591. The van der Waals surface area contributed by atoms with Gasteiger partial charge in [-0.05, 0) is 55.0 Å². The number of nitrogens with zero attached hydrogens (tertiary/aromatic N) is 1.